The third-order valence-corrected chi connectivity index (χ3v) is 4.65. The van der Waals surface area contributed by atoms with Gasteiger partial charge in [0.05, 0.1) is 13.7 Å². The Hall–Kier alpha value is -3.00. The fraction of sp³-hybridized carbons (Fsp3) is 0.263. The van der Waals surface area contributed by atoms with E-state index in [1.165, 1.54) is 10.6 Å². The van der Waals surface area contributed by atoms with Crippen LogP contribution in [0.25, 0.3) is 5.69 Å². The summed E-state index contributed by atoms with van der Waals surface area (Å²) in [6.07, 6.45) is 0. The number of rotatable bonds is 4. The highest BCUT2D eigenvalue weighted by molar-refractivity contribution is 5.32. The Morgan fingerprint density at radius 1 is 1.11 bits per heavy atom. The molecular formula is C19H18F2N4O2. The minimum atomic E-state index is -0.817. The van der Waals surface area contributed by atoms with Crippen LogP contribution in [0, 0.1) is 11.6 Å². The van der Waals surface area contributed by atoms with E-state index in [9.17, 15) is 13.6 Å². The zero-order valence-electron chi connectivity index (χ0n) is 14.7. The number of nitrogens with zero attached hydrogens (tertiary/aromatic N) is 4. The SMILES string of the molecule is COc1ccc(CN2CCn3c(nn(-c4ccc(F)cc4F)c3=O)C2)cc1. The van der Waals surface area contributed by atoms with Gasteiger partial charge >= 0.3 is 5.69 Å². The van der Waals surface area contributed by atoms with E-state index >= 15 is 0 Å². The molecule has 0 N–H and O–H groups in total. The molecule has 0 amide bonds. The van der Waals surface area contributed by atoms with E-state index in [-0.39, 0.29) is 5.69 Å². The summed E-state index contributed by atoms with van der Waals surface area (Å²) in [4.78, 5) is 14.7. The maximum Gasteiger partial charge on any atom is 0.350 e. The quantitative estimate of drug-likeness (QED) is 0.706. The highest BCUT2D eigenvalue weighted by Crippen LogP contribution is 2.17. The predicted octanol–water partition coefficient (Wildman–Crippen LogP) is 2.34. The molecule has 1 aliphatic heterocycles. The molecule has 8 heteroatoms. The highest BCUT2D eigenvalue weighted by atomic mass is 19.1. The van der Waals surface area contributed by atoms with Gasteiger partial charge in [0.1, 0.15) is 23.1 Å². The Morgan fingerprint density at radius 3 is 2.59 bits per heavy atom. The number of hydrogen-bond acceptors (Lipinski definition) is 4. The van der Waals surface area contributed by atoms with Gasteiger partial charge < -0.3 is 4.74 Å². The summed E-state index contributed by atoms with van der Waals surface area (Å²) in [6.45, 7) is 2.32. The van der Waals surface area contributed by atoms with Crippen molar-refractivity contribution in [2.75, 3.05) is 13.7 Å². The van der Waals surface area contributed by atoms with Crippen LogP contribution in [0.2, 0.25) is 0 Å². The molecule has 140 valence electrons. The summed E-state index contributed by atoms with van der Waals surface area (Å²) in [5, 5.41) is 4.27. The van der Waals surface area contributed by atoms with Crippen molar-refractivity contribution in [2.45, 2.75) is 19.6 Å². The van der Waals surface area contributed by atoms with Crippen LogP contribution in [0.15, 0.2) is 47.3 Å². The van der Waals surface area contributed by atoms with Gasteiger partial charge in [-0.1, -0.05) is 12.1 Å². The van der Waals surface area contributed by atoms with Crippen LogP contribution in [0.1, 0.15) is 11.4 Å². The first-order valence-electron chi connectivity index (χ1n) is 8.54. The molecule has 0 fully saturated rings. The largest absolute Gasteiger partial charge is 0.497 e. The molecule has 2 heterocycles. The second-order valence-electron chi connectivity index (χ2n) is 6.42. The molecule has 27 heavy (non-hydrogen) atoms. The Morgan fingerprint density at radius 2 is 1.89 bits per heavy atom. The standard InChI is InChI=1S/C19H18F2N4O2/c1-27-15-5-2-13(3-6-15)11-23-8-9-24-18(12-23)22-25(19(24)26)17-7-4-14(20)10-16(17)21/h2-7,10H,8-9,11-12H2,1H3. The first kappa shape index (κ1) is 17.4. The van der Waals surface area contributed by atoms with E-state index in [1.807, 2.05) is 24.3 Å². The van der Waals surface area contributed by atoms with E-state index in [2.05, 4.69) is 10.00 Å². The van der Waals surface area contributed by atoms with Crippen molar-refractivity contribution in [3.05, 3.63) is 76.0 Å². The average Bonchev–Trinajstić information content (AvgIpc) is 2.98. The van der Waals surface area contributed by atoms with Crippen LogP contribution in [0.4, 0.5) is 8.78 Å². The van der Waals surface area contributed by atoms with Crippen LogP contribution in [0.5, 0.6) is 5.75 Å². The molecule has 3 aromatic rings. The molecule has 6 nitrogen and oxygen atoms in total. The van der Waals surface area contributed by atoms with Crippen LogP contribution < -0.4 is 10.4 Å². The molecule has 0 saturated carbocycles. The molecule has 0 radical (unpaired) electrons. The average molecular weight is 372 g/mol. The van der Waals surface area contributed by atoms with Gasteiger partial charge in [0.2, 0.25) is 0 Å². The monoisotopic (exact) mass is 372 g/mol. The molecule has 0 atom stereocenters. The summed E-state index contributed by atoms with van der Waals surface area (Å²) in [5.74, 6) is -0.156. The molecule has 0 spiro atoms. The molecule has 1 aliphatic rings. The van der Waals surface area contributed by atoms with Crippen molar-refractivity contribution in [3.8, 4) is 11.4 Å². The lowest BCUT2D eigenvalue weighted by Gasteiger charge is -2.26. The molecule has 4 rings (SSSR count). The Labute approximate surface area is 154 Å². The number of hydrogen-bond donors (Lipinski definition) is 0. The lowest BCUT2D eigenvalue weighted by atomic mass is 10.2. The minimum absolute atomic E-state index is 0.0509. The number of fused-ring (bicyclic) bond motifs is 1. The van der Waals surface area contributed by atoms with E-state index in [4.69, 9.17) is 4.74 Å². The molecule has 0 unspecified atom stereocenters. The summed E-state index contributed by atoms with van der Waals surface area (Å²) in [7, 11) is 1.62. The predicted molar refractivity (Wildman–Crippen MR) is 94.8 cm³/mol. The van der Waals surface area contributed by atoms with Crippen molar-refractivity contribution < 1.29 is 13.5 Å². The maximum atomic E-state index is 14.0. The van der Waals surface area contributed by atoms with Crippen LogP contribution in [0.3, 0.4) is 0 Å². The number of ether oxygens (including phenoxy) is 1. The number of aromatic nitrogens is 3. The van der Waals surface area contributed by atoms with E-state index in [0.717, 1.165) is 28.1 Å². The topological polar surface area (TPSA) is 52.3 Å². The van der Waals surface area contributed by atoms with Gasteiger partial charge in [-0.25, -0.2) is 13.6 Å². The molecule has 0 aliphatic carbocycles. The van der Waals surface area contributed by atoms with E-state index in [1.54, 1.807) is 7.11 Å². The minimum Gasteiger partial charge on any atom is -0.497 e. The lowest BCUT2D eigenvalue weighted by molar-refractivity contribution is 0.207. The molecule has 0 bridgehead atoms. The van der Waals surface area contributed by atoms with Crippen molar-refractivity contribution in [1.29, 1.82) is 0 Å². The van der Waals surface area contributed by atoms with Crippen molar-refractivity contribution in [3.63, 3.8) is 0 Å². The van der Waals surface area contributed by atoms with E-state index < -0.39 is 17.3 Å². The van der Waals surface area contributed by atoms with Crippen molar-refractivity contribution in [2.24, 2.45) is 0 Å². The van der Waals surface area contributed by atoms with Crippen LogP contribution in [-0.4, -0.2) is 32.9 Å². The van der Waals surface area contributed by atoms with Gasteiger partial charge in [-0.2, -0.15) is 4.68 Å². The summed E-state index contributed by atoms with van der Waals surface area (Å²) in [5.41, 5.74) is 0.653. The summed E-state index contributed by atoms with van der Waals surface area (Å²) < 4.78 is 34.9. The smallest absolute Gasteiger partial charge is 0.350 e. The zero-order valence-corrected chi connectivity index (χ0v) is 14.7. The van der Waals surface area contributed by atoms with E-state index in [0.29, 0.717) is 32.0 Å². The number of benzene rings is 2. The Balaban J connectivity index is 1.57. The van der Waals surface area contributed by atoms with Gasteiger partial charge in [0.25, 0.3) is 0 Å². The molecular weight excluding hydrogens is 354 g/mol. The second kappa shape index (κ2) is 6.96. The zero-order chi connectivity index (χ0) is 19.0. The first-order valence-corrected chi connectivity index (χ1v) is 8.54. The summed E-state index contributed by atoms with van der Waals surface area (Å²) in [6, 6.07) is 10.9. The fourth-order valence-corrected chi connectivity index (χ4v) is 3.23. The molecule has 0 saturated heterocycles. The van der Waals surface area contributed by atoms with Crippen molar-refractivity contribution in [1.82, 2.24) is 19.2 Å². The van der Waals surface area contributed by atoms with Crippen LogP contribution in [-0.2, 0) is 19.6 Å². The number of halogens is 2. The Bertz CT molecular complexity index is 1030. The third kappa shape index (κ3) is 3.35. The molecule has 2 aromatic carbocycles. The lowest BCUT2D eigenvalue weighted by Crippen LogP contribution is -2.37. The van der Waals surface area contributed by atoms with Gasteiger partial charge in [-0.05, 0) is 29.8 Å². The van der Waals surface area contributed by atoms with Gasteiger partial charge in [-0.15, -0.1) is 5.10 Å². The fourth-order valence-electron chi connectivity index (χ4n) is 3.23. The van der Waals surface area contributed by atoms with Crippen molar-refractivity contribution >= 4 is 0 Å². The van der Waals surface area contributed by atoms with Gasteiger partial charge in [0.15, 0.2) is 5.82 Å². The third-order valence-electron chi connectivity index (χ3n) is 4.65. The van der Waals surface area contributed by atoms with Gasteiger partial charge in [-0.3, -0.25) is 9.47 Å². The summed E-state index contributed by atoms with van der Waals surface area (Å²) >= 11 is 0. The maximum absolute atomic E-state index is 14.0. The number of methoxy groups -OCH3 is 1. The van der Waals surface area contributed by atoms with Crippen LogP contribution >= 0.6 is 0 Å². The van der Waals surface area contributed by atoms with Gasteiger partial charge in [0, 0.05) is 25.7 Å². The molecule has 1 aromatic heterocycles. The second-order valence-corrected chi connectivity index (χ2v) is 6.42. The normalized spacial score (nSPS) is 14.2. The Kier molecular flexibility index (Phi) is 4.49. The first-order chi connectivity index (χ1) is 13.0. The highest BCUT2D eigenvalue weighted by Gasteiger charge is 2.23.